The van der Waals surface area contributed by atoms with Gasteiger partial charge in [0.25, 0.3) is 6.71 Å². The zero-order chi connectivity index (χ0) is 54.8. The van der Waals surface area contributed by atoms with E-state index in [2.05, 4.69) is 247 Å². The zero-order valence-corrected chi connectivity index (χ0v) is 49.5. The summed E-state index contributed by atoms with van der Waals surface area (Å²) in [5.41, 5.74) is 24.8. The van der Waals surface area contributed by atoms with Crippen molar-refractivity contribution in [2.24, 2.45) is 17.8 Å². The van der Waals surface area contributed by atoms with Gasteiger partial charge in [0.2, 0.25) is 5.89 Å². The minimum absolute atomic E-state index is 0.0367. The van der Waals surface area contributed by atoms with Crippen LogP contribution in [0.25, 0.3) is 33.7 Å². The molecule has 6 aliphatic rings. The van der Waals surface area contributed by atoms with E-state index in [1.54, 1.807) is 0 Å². The largest absolute Gasteiger partial charge is 0.436 e. The van der Waals surface area contributed by atoms with Crippen molar-refractivity contribution in [2.75, 3.05) is 9.80 Å². The summed E-state index contributed by atoms with van der Waals surface area (Å²) in [5, 5.41) is 0. The molecular weight excluding hydrogens is 946 g/mol. The summed E-state index contributed by atoms with van der Waals surface area (Å²) >= 11 is 0. The normalized spacial score (nSPS) is 20.8. The van der Waals surface area contributed by atoms with E-state index >= 15 is 0 Å². The molecular formula is C73H82BN3O. The summed E-state index contributed by atoms with van der Waals surface area (Å²) in [6.45, 7) is 35.0. The number of anilines is 6. The van der Waals surface area contributed by atoms with Crippen molar-refractivity contribution in [3.05, 3.63) is 167 Å². The molecule has 5 heteroatoms. The molecule has 3 heterocycles. The van der Waals surface area contributed by atoms with Crippen molar-refractivity contribution >= 4 is 68.3 Å². The topological polar surface area (TPSA) is 32.5 Å². The van der Waals surface area contributed by atoms with Crippen molar-refractivity contribution in [3.63, 3.8) is 0 Å². The van der Waals surface area contributed by atoms with Crippen molar-refractivity contribution in [3.8, 4) is 22.6 Å². The third kappa shape index (κ3) is 8.58. The Hall–Kier alpha value is -6.33. The number of fused-ring (bicyclic) bond motifs is 5. The minimum atomic E-state index is -0.0782. The lowest BCUT2D eigenvalue weighted by Crippen LogP contribution is -2.61. The van der Waals surface area contributed by atoms with Gasteiger partial charge in [-0.3, -0.25) is 0 Å². The number of rotatable bonds is 5. The fourth-order valence-corrected chi connectivity index (χ4v) is 15.0. The van der Waals surface area contributed by atoms with Crippen molar-refractivity contribution in [2.45, 2.75) is 175 Å². The Morgan fingerprint density at radius 3 is 1.38 bits per heavy atom. The highest BCUT2D eigenvalue weighted by molar-refractivity contribution is 7.00. The van der Waals surface area contributed by atoms with E-state index in [0.717, 1.165) is 34.4 Å². The molecule has 0 atom stereocenters. The Morgan fingerprint density at radius 1 is 0.423 bits per heavy atom. The lowest BCUT2D eigenvalue weighted by Gasteiger charge is -2.57. The van der Waals surface area contributed by atoms with E-state index in [1.165, 1.54) is 134 Å². The maximum atomic E-state index is 7.04. The quantitative estimate of drug-likeness (QED) is 0.161. The van der Waals surface area contributed by atoms with Crippen LogP contribution in [0.5, 0.6) is 0 Å². The van der Waals surface area contributed by atoms with Gasteiger partial charge in [0.15, 0.2) is 5.58 Å². The average molecular weight is 1030 g/mol. The van der Waals surface area contributed by atoms with Crippen LogP contribution in [0.4, 0.5) is 34.1 Å². The molecule has 4 nitrogen and oxygen atoms in total. The molecule has 0 spiro atoms. The van der Waals surface area contributed by atoms with E-state index < -0.39 is 0 Å². The van der Waals surface area contributed by atoms with Gasteiger partial charge in [-0.1, -0.05) is 171 Å². The van der Waals surface area contributed by atoms with E-state index in [0.29, 0.717) is 5.89 Å². The van der Waals surface area contributed by atoms with Gasteiger partial charge < -0.3 is 14.2 Å². The second kappa shape index (κ2) is 17.3. The smallest absolute Gasteiger partial charge is 0.252 e. The van der Waals surface area contributed by atoms with Crippen LogP contribution < -0.4 is 26.2 Å². The fraction of sp³-hybridized carbons (Fsp3) is 0.411. The Morgan fingerprint density at radius 2 is 0.872 bits per heavy atom. The maximum absolute atomic E-state index is 7.04. The maximum Gasteiger partial charge on any atom is 0.252 e. The molecule has 8 aromatic rings. The summed E-state index contributed by atoms with van der Waals surface area (Å²) < 4.78 is 7.04. The third-order valence-electron chi connectivity index (χ3n) is 19.2. The number of hydrogen-bond acceptors (Lipinski definition) is 4. The van der Waals surface area contributed by atoms with Crippen LogP contribution >= 0.6 is 0 Å². The highest BCUT2D eigenvalue weighted by Gasteiger charge is 2.53. The highest BCUT2D eigenvalue weighted by Crippen LogP contribution is 2.62. The summed E-state index contributed by atoms with van der Waals surface area (Å²) in [6, 6.07) is 52.5. The van der Waals surface area contributed by atoms with Crippen LogP contribution in [-0.4, -0.2) is 11.7 Å². The number of nitrogens with zero attached hydrogens (tertiary/aromatic N) is 3. The fourth-order valence-electron chi connectivity index (χ4n) is 15.0. The van der Waals surface area contributed by atoms with Crippen LogP contribution in [0.2, 0.25) is 0 Å². The second-order valence-electron chi connectivity index (χ2n) is 30.1. The first-order valence-corrected chi connectivity index (χ1v) is 29.5. The number of benzene rings is 7. The van der Waals surface area contributed by atoms with Crippen molar-refractivity contribution in [1.82, 2.24) is 4.98 Å². The van der Waals surface area contributed by atoms with Crippen LogP contribution in [-0.2, 0) is 32.5 Å². The molecule has 4 bridgehead atoms. The van der Waals surface area contributed by atoms with Crippen LogP contribution in [0.1, 0.15) is 176 Å². The van der Waals surface area contributed by atoms with Gasteiger partial charge in [-0.25, -0.2) is 4.98 Å². The molecule has 4 fully saturated rings. The average Bonchev–Trinajstić information content (AvgIpc) is 3.23. The molecule has 0 radical (unpaired) electrons. The first-order valence-electron chi connectivity index (χ1n) is 29.5. The molecule has 4 aliphatic carbocycles. The van der Waals surface area contributed by atoms with Gasteiger partial charge in [-0.15, -0.1) is 0 Å². The predicted octanol–water partition coefficient (Wildman–Crippen LogP) is 18.2. The molecule has 4 saturated carbocycles. The van der Waals surface area contributed by atoms with E-state index in [-0.39, 0.29) is 39.2 Å². The predicted molar refractivity (Wildman–Crippen MR) is 332 cm³/mol. The molecule has 1 aromatic heterocycles. The Balaban J connectivity index is 1.08. The van der Waals surface area contributed by atoms with Gasteiger partial charge >= 0.3 is 0 Å². The molecule has 14 rings (SSSR count). The van der Waals surface area contributed by atoms with Crippen molar-refractivity contribution < 1.29 is 4.42 Å². The van der Waals surface area contributed by atoms with Crippen molar-refractivity contribution in [1.29, 1.82) is 0 Å². The first kappa shape index (κ1) is 51.1. The first-order chi connectivity index (χ1) is 36.7. The van der Waals surface area contributed by atoms with E-state index in [4.69, 9.17) is 9.40 Å². The van der Waals surface area contributed by atoms with Crippen LogP contribution in [0, 0.1) is 17.8 Å². The summed E-state index contributed by atoms with van der Waals surface area (Å²) in [5.74, 6) is 3.08. The van der Waals surface area contributed by atoms with E-state index in [1.807, 2.05) is 0 Å². The molecule has 78 heavy (non-hydrogen) atoms. The van der Waals surface area contributed by atoms with Gasteiger partial charge in [0, 0.05) is 45.8 Å². The van der Waals surface area contributed by atoms with Gasteiger partial charge in [-0.2, -0.15) is 0 Å². The second-order valence-corrected chi connectivity index (χ2v) is 30.1. The standard InChI is InChI=1S/C73H82BN3O/c1-68(2,3)50-22-20-48(21-23-50)47-16-18-49(19-17-47)67-75-60-39-59-62(40-65(60)78-67)77(57-34-53(71(10,11)12)33-54(35-57)72(13,14)15)64-38-55(73-41-44-30-45(42-73)32-46(31-44)43-73)37-63-66(64)74(59)58-36-52(70(7,8)9)26-29-61(58)76(63)56-27-24-51(25-28-56)69(4,5)6/h16-29,33-40,44-46H,30-32,41-43H2,1-15H3. The van der Waals surface area contributed by atoms with Gasteiger partial charge in [-0.05, 0) is 210 Å². The molecule has 398 valence electrons. The Bertz CT molecular complexity index is 3600. The molecule has 2 aliphatic heterocycles. The van der Waals surface area contributed by atoms with E-state index in [9.17, 15) is 0 Å². The SMILES string of the molecule is CC(C)(C)c1ccc(-c2ccc(-c3nc4cc5c(cc4o3)N(c3cc(C(C)(C)C)cc(C(C)(C)C)c3)c3cc(C46CC7CC(CC(C7)C4)C6)cc4c3B5c3cc(C(C)(C)C)ccc3N4c3ccc(C(C)(C)C)cc3)cc2)cc1. The van der Waals surface area contributed by atoms with Crippen LogP contribution in [0.3, 0.4) is 0 Å². The monoisotopic (exact) mass is 1030 g/mol. The van der Waals surface area contributed by atoms with Crippen LogP contribution in [0.15, 0.2) is 138 Å². The summed E-state index contributed by atoms with van der Waals surface area (Å²) in [6.07, 6.45) is 8.12. The Kier molecular flexibility index (Phi) is 11.4. The molecule has 7 aromatic carbocycles. The Labute approximate surface area is 467 Å². The summed E-state index contributed by atoms with van der Waals surface area (Å²) in [4.78, 5) is 10.8. The number of aromatic nitrogens is 1. The lowest BCUT2D eigenvalue weighted by molar-refractivity contribution is -0.00514. The molecule has 0 saturated heterocycles. The van der Waals surface area contributed by atoms with Gasteiger partial charge in [0.05, 0.1) is 0 Å². The zero-order valence-electron chi connectivity index (χ0n) is 49.5. The minimum Gasteiger partial charge on any atom is -0.436 e. The lowest BCUT2D eigenvalue weighted by atomic mass is 9.33. The summed E-state index contributed by atoms with van der Waals surface area (Å²) in [7, 11) is 0. The number of hydrogen-bond donors (Lipinski definition) is 0. The third-order valence-corrected chi connectivity index (χ3v) is 19.2. The molecule has 0 N–H and O–H groups in total. The van der Waals surface area contributed by atoms with Gasteiger partial charge in [0.1, 0.15) is 5.52 Å². The highest BCUT2D eigenvalue weighted by atomic mass is 16.3. The molecule has 0 amide bonds. The molecule has 0 unspecified atom stereocenters. The number of oxazole rings is 1.